The van der Waals surface area contributed by atoms with Crippen LogP contribution in [0.5, 0.6) is 11.8 Å². The molecule has 0 aliphatic heterocycles. The Bertz CT molecular complexity index is 589. The highest BCUT2D eigenvalue weighted by Gasteiger charge is 2.08. The third kappa shape index (κ3) is 2.72. The van der Waals surface area contributed by atoms with E-state index in [4.69, 9.17) is 21.4 Å². The lowest BCUT2D eigenvalue weighted by atomic mass is 10.3. The monoisotopic (exact) mass is 268 g/mol. The second kappa shape index (κ2) is 4.97. The third-order valence-electron chi connectivity index (χ3n) is 1.97. The lowest BCUT2D eigenvalue weighted by molar-refractivity contribution is 0.0696. The summed E-state index contributed by atoms with van der Waals surface area (Å²) in [7, 11) is 0. The molecule has 18 heavy (non-hydrogen) atoms. The summed E-state index contributed by atoms with van der Waals surface area (Å²) in [5.74, 6) is -1.45. The number of nitrogens with zero attached hydrogens (tertiary/aromatic N) is 2. The number of carbonyl (C=O) groups is 1. The van der Waals surface area contributed by atoms with E-state index in [2.05, 4.69) is 9.97 Å². The Hall–Kier alpha value is -2.21. The zero-order valence-corrected chi connectivity index (χ0v) is 9.56. The third-order valence-corrected chi connectivity index (χ3v) is 2.27. The summed E-state index contributed by atoms with van der Waals surface area (Å²) in [5.41, 5.74) is -0.0625. The van der Waals surface area contributed by atoms with Gasteiger partial charge in [0.2, 0.25) is 0 Å². The van der Waals surface area contributed by atoms with Gasteiger partial charge in [0.15, 0.2) is 0 Å². The first-order chi connectivity index (χ1) is 8.56. The summed E-state index contributed by atoms with van der Waals surface area (Å²) < 4.78 is 18.0. The van der Waals surface area contributed by atoms with Crippen LogP contribution in [-0.4, -0.2) is 21.0 Å². The molecule has 1 N–H and O–H groups in total. The number of benzene rings is 1. The summed E-state index contributed by atoms with van der Waals surface area (Å²) >= 11 is 5.75. The van der Waals surface area contributed by atoms with E-state index in [1.165, 1.54) is 12.1 Å². The first-order valence-electron chi connectivity index (χ1n) is 4.74. The quantitative estimate of drug-likeness (QED) is 0.927. The van der Waals surface area contributed by atoms with E-state index in [0.29, 0.717) is 0 Å². The minimum absolute atomic E-state index is 0.0625. The molecule has 1 aromatic carbocycles. The first kappa shape index (κ1) is 12.3. The maximum Gasteiger partial charge on any atom is 0.338 e. The molecule has 0 aliphatic rings. The molecule has 0 bridgehead atoms. The van der Waals surface area contributed by atoms with Crippen LogP contribution >= 0.6 is 11.6 Å². The van der Waals surface area contributed by atoms with Gasteiger partial charge in [0, 0.05) is 12.4 Å². The number of aromatic nitrogens is 2. The van der Waals surface area contributed by atoms with Gasteiger partial charge in [-0.1, -0.05) is 11.6 Å². The smallest absolute Gasteiger partial charge is 0.338 e. The van der Waals surface area contributed by atoms with E-state index in [9.17, 15) is 9.18 Å². The molecule has 2 aromatic rings. The van der Waals surface area contributed by atoms with Gasteiger partial charge in [-0.15, -0.1) is 0 Å². The number of aromatic carboxylic acids is 1. The van der Waals surface area contributed by atoms with E-state index in [1.807, 2.05) is 0 Å². The molecule has 92 valence electrons. The lowest BCUT2D eigenvalue weighted by Gasteiger charge is -2.05. The largest absolute Gasteiger partial charge is 0.478 e. The maximum atomic E-state index is 12.8. The molecule has 5 nitrogen and oxygen atoms in total. The lowest BCUT2D eigenvalue weighted by Crippen LogP contribution is -2.00. The van der Waals surface area contributed by atoms with E-state index < -0.39 is 11.8 Å². The van der Waals surface area contributed by atoms with Gasteiger partial charge in [-0.2, -0.15) is 0 Å². The zero-order valence-electron chi connectivity index (χ0n) is 8.80. The van der Waals surface area contributed by atoms with Crippen LogP contribution in [0, 0.1) is 5.82 Å². The maximum absolute atomic E-state index is 12.8. The summed E-state index contributed by atoms with van der Waals surface area (Å²) in [4.78, 5) is 18.0. The van der Waals surface area contributed by atoms with Gasteiger partial charge in [0.05, 0.1) is 10.6 Å². The second-order valence-corrected chi connectivity index (χ2v) is 3.64. The molecule has 1 heterocycles. The summed E-state index contributed by atoms with van der Waals surface area (Å²) in [6, 6.07) is 3.51. The minimum atomic E-state index is -1.14. The Kier molecular flexibility index (Phi) is 3.38. The van der Waals surface area contributed by atoms with Crippen molar-refractivity contribution in [2.75, 3.05) is 0 Å². The molecule has 0 radical (unpaired) electrons. The number of carboxylic acids is 1. The van der Waals surface area contributed by atoms with E-state index >= 15 is 0 Å². The van der Waals surface area contributed by atoms with Crippen LogP contribution in [0.1, 0.15) is 10.4 Å². The Morgan fingerprint density at radius 3 is 2.56 bits per heavy atom. The zero-order chi connectivity index (χ0) is 13.1. The van der Waals surface area contributed by atoms with Gasteiger partial charge in [-0.25, -0.2) is 19.2 Å². The van der Waals surface area contributed by atoms with Crippen molar-refractivity contribution in [3.8, 4) is 11.8 Å². The van der Waals surface area contributed by atoms with Crippen LogP contribution in [0.15, 0.2) is 30.6 Å². The number of hydrogen-bond donors (Lipinski definition) is 1. The molecule has 0 unspecified atom stereocenters. The highest BCUT2D eigenvalue weighted by atomic mass is 35.5. The number of rotatable bonds is 3. The second-order valence-electron chi connectivity index (χ2n) is 3.24. The molecule has 0 saturated carbocycles. The van der Waals surface area contributed by atoms with E-state index in [-0.39, 0.29) is 22.3 Å². The molecule has 0 atom stereocenters. The summed E-state index contributed by atoms with van der Waals surface area (Å²) in [5, 5.41) is 8.73. The molecule has 2 rings (SSSR count). The predicted molar refractivity (Wildman–Crippen MR) is 60.5 cm³/mol. The molecule has 0 aliphatic carbocycles. The number of ether oxygens (including phenoxy) is 1. The van der Waals surface area contributed by atoms with Crippen molar-refractivity contribution < 1.29 is 19.0 Å². The average Bonchev–Trinajstić information content (AvgIpc) is 2.33. The Morgan fingerprint density at radius 1 is 1.33 bits per heavy atom. The topological polar surface area (TPSA) is 72.3 Å². The van der Waals surface area contributed by atoms with Crippen molar-refractivity contribution in [1.29, 1.82) is 0 Å². The fourth-order valence-corrected chi connectivity index (χ4v) is 1.34. The average molecular weight is 269 g/mol. The van der Waals surface area contributed by atoms with Gasteiger partial charge in [-0.3, -0.25) is 0 Å². The van der Waals surface area contributed by atoms with Crippen LogP contribution in [0.3, 0.4) is 0 Å². The Balaban J connectivity index is 2.21. The normalized spacial score (nSPS) is 10.1. The minimum Gasteiger partial charge on any atom is -0.478 e. The molecule has 0 saturated heterocycles. The SMILES string of the molecule is O=C(O)c1cnc(Oc2ccc(F)cc2Cl)nc1. The molecule has 0 fully saturated rings. The van der Waals surface area contributed by atoms with Crippen LogP contribution in [0.25, 0.3) is 0 Å². The van der Waals surface area contributed by atoms with Crippen molar-refractivity contribution in [3.05, 3.63) is 47.0 Å². The highest BCUT2D eigenvalue weighted by molar-refractivity contribution is 6.32. The van der Waals surface area contributed by atoms with E-state index in [0.717, 1.165) is 18.5 Å². The fraction of sp³-hybridized carbons (Fsp3) is 0. The highest BCUT2D eigenvalue weighted by Crippen LogP contribution is 2.27. The van der Waals surface area contributed by atoms with Crippen LogP contribution in [0.4, 0.5) is 4.39 Å². The van der Waals surface area contributed by atoms with Gasteiger partial charge < -0.3 is 9.84 Å². The van der Waals surface area contributed by atoms with Gasteiger partial charge in [0.25, 0.3) is 0 Å². The summed E-state index contributed by atoms with van der Waals surface area (Å²) in [6.07, 6.45) is 2.20. The number of hydrogen-bond acceptors (Lipinski definition) is 4. The van der Waals surface area contributed by atoms with E-state index in [1.54, 1.807) is 0 Å². The van der Waals surface area contributed by atoms with Crippen molar-refractivity contribution in [3.63, 3.8) is 0 Å². The summed E-state index contributed by atoms with van der Waals surface area (Å²) in [6.45, 7) is 0. The standard InChI is InChI=1S/C11H6ClFN2O3/c12-8-3-7(13)1-2-9(8)18-11-14-4-6(5-15-11)10(16)17/h1-5H,(H,16,17). The van der Waals surface area contributed by atoms with Crippen molar-refractivity contribution in [1.82, 2.24) is 9.97 Å². The Labute approximate surface area is 106 Å². The van der Waals surface area contributed by atoms with Crippen LogP contribution < -0.4 is 4.74 Å². The Morgan fingerprint density at radius 2 is 2.00 bits per heavy atom. The molecular formula is C11H6ClFN2O3. The van der Waals surface area contributed by atoms with Crippen LogP contribution in [-0.2, 0) is 0 Å². The number of halogens is 2. The van der Waals surface area contributed by atoms with Gasteiger partial charge in [-0.05, 0) is 18.2 Å². The van der Waals surface area contributed by atoms with Crippen molar-refractivity contribution in [2.24, 2.45) is 0 Å². The molecule has 0 spiro atoms. The van der Waals surface area contributed by atoms with Crippen molar-refractivity contribution >= 4 is 17.6 Å². The fourth-order valence-electron chi connectivity index (χ4n) is 1.14. The van der Waals surface area contributed by atoms with Crippen molar-refractivity contribution in [2.45, 2.75) is 0 Å². The molecule has 0 amide bonds. The molecular weight excluding hydrogens is 263 g/mol. The molecule has 7 heteroatoms. The molecule has 1 aromatic heterocycles. The van der Waals surface area contributed by atoms with Gasteiger partial charge in [0.1, 0.15) is 11.6 Å². The van der Waals surface area contributed by atoms with Gasteiger partial charge >= 0.3 is 12.0 Å². The predicted octanol–water partition coefficient (Wildman–Crippen LogP) is 2.76. The van der Waals surface area contributed by atoms with Crippen LogP contribution in [0.2, 0.25) is 5.02 Å². The first-order valence-corrected chi connectivity index (χ1v) is 5.12. The number of carboxylic acid groups (broad SMARTS) is 1.